The van der Waals surface area contributed by atoms with Gasteiger partial charge in [0.2, 0.25) is 0 Å². The minimum absolute atomic E-state index is 0.0884. The van der Waals surface area contributed by atoms with Crippen LogP contribution in [0.3, 0.4) is 0 Å². The van der Waals surface area contributed by atoms with E-state index in [0.717, 1.165) is 51.4 Å². The molecule has 0 saturated carbocycles. The number of ether oxygens (including phenoxy) is 3. The normalized spacial score (nSPS) is 12.3. The second-order valence-corrected chi connectivity index (χ2v) is 17.4. The molecule has 1 atom stereocenters. The summed E-state index contributed by atoms with van der Waals surface area (Å²) in [4.78, 5) is 25.3. The van der Waals surface area contributed by atoms with Gasteiger partial charge in [-0.15, -0.1) is 0 Å². The van der Waals surface area contributed by atoms with Crippen molar-refractivity contribution in [3.63, 3.8) is 0 Å². The van der Waals surface area contributed by atoms with E-state index >= 15 is 0 Å². The first-order valence-corrected chi connectivity index (χ1v) is 25.9. The Morgan fingerprint density at radius 3 is 1.17 bits per heavy atom. The Bertz CT molecular complexity index is 882. The molecule has 1 unspecified atom stereocenters. The maximum atomic E-state index is 12.7. The Hall–Kier alpha value is -1.62. The van der Waals surface area contributed by atoms with Gasteiger partial charge in [0.15, 0.2) is 6.10 Å². The fraction of sp³-hybridized carbons (Fsp3) is 0.887. The molecule has 342 valence electrons. The van der Waals surface area contributed by atoms with Crippen molar-refractivity contribution in [1.29, 1.82) is 0 Å². The largest absolute Gasteiger partial charge is 0.462 e. The highest BCUT2D eigenvalue weighted by atomic mass is 16.6. The van der Waals surface area contributed by atoms with Crippen molar-refractivity contribution in [1.82, 2.24) is 0 Å². The van der Waals surface area contributed by atoms with Crippen LogP contribution in [0.25, 0.3) is 0 Å². The highest BCUT2D eigenvalue weighted by Gasteiger charge is 2.17. The number of hydrogen-bond acceptors (Lipinski definition) is 5. The van der Waals surface area contributed by atoms with Crippen molar-refractivity contribution in [2.24, 2.45) is 0 Å². The van der Waals surface area contributed by atoms with Gasteiger partial charge in [0, 0.05) is 19.4 Å². The minimum Gasteiger partial charge on any atom is -0.462 e. The van der Waals surface area contributed by atoms with Crippen LogP contribution in [0.4, 0.5) is 0 Å². The molecule has 0 aliphatic carbocycles. The molecule has 0 aliphatic rings. The van der Waals surface area contributed by atoms with Gasteiger partial charge >= 0.3 is 11.9 Å². The van der Waals surface area contributed by atoms with E-state index in [2.05, 4.69) is 45.1 Å². The average Bonchev–Trinajstić information content (AvgIpc) is 3.22. The molecule has 0 radical (unpaired) electrons. The van der Waals surface area contributed by atoms with Crippen LogP contribution >= 0.6 is 0 Å². The highest BCUT2D eigenvalue weighted by Crippen LogP contribution is 2.16. The first-order valence-electron chi connectivity index (χ1n) is 25.9. The zero-order chi connectivity index (χ0) is 42.1. The Kier molecular flexibility index (Phi) is 48.4. The molecule has 0 aromatic carbocycles. The zero-order valence-electron chi connectivity index (χ0n) is 39.3. The molecule has 0 spiro atoms. The van der Waals surface area contributed by atoms with Gasteiger partial charge in [-0.25, -0.2) is 0 Å². The molecule has 5 nitrogen and oxygen atoms in total. The quantitative estimate of drug-likeness (QED) is 0.0348. The van der Waals surface area contributed by atoms with Gasteiger partial charge in [-0.2, -0.15) is 0 Å². The van der Waals surface area contributed by atoms with Crippen molar-refractivity contribution < 1.29 is 23.8 Å². The lowest BCUT2D eigenvalue weighted by Crippen LogP contribution is -2.30. The number of carbonyl (C=O) groups is 2. The lowest BCUT2D eigenvalue weighted by molar-refractivity contribution is -0.163. The molecule has 0 aromatic heterocycles. The number of carbonyl (C=O) groups excluding carboxylic acids is 2. The van der Waals surface area contributed by atoms with E-state index in [9.17, 15) is 9.59 Å². The summed E-state index contributed by atoms with van der Waals surface area (Å²) in [6.45, 7) is 7.81. The molecule has 0 bridgehead atoms. The van der Waals surface area contributed by atoms with E-state index in [1.807, 2.05) is 0 Å². The summed E-state index contributed by atoms with van der Waals surface area (Å²) in [7, 11) is 0. The van der Waals surface area contributed by atoms with Crippen LogP contribution in [0.5, 0.6) is 0 Å². The maximum Gasteiger partial charge on any atom is 0.306 e. The second-order valence-electron chi connectivity index (χ2n) is 17.4. The molecule has 58 heavy (non-hydrogen) atoms. The van der Waals surface area contributed by atoms with Gasteiger partial charge in [-0.3, -0.25) is 9.59 Å². The number of rotatable bonds is 48. The third-order valence-electron chi connectivity index (χ3n) is 11.5. The Morgan fingerprint density at radius 2 is 0.724 bits per heavy atom. The summed E-state index contributed by atoms with van der Waals surface area (Å²) in [5, 5.41) is 0. The molecule has 0 N–H and O–H groups in total. The fourth-order valence-corrected chi connectivity index (χ4v) is 7.60. The third-order valence-corrected chi connectivity index (χ3v) is 11.5. The molecular formula is C53H100O5. The van der Waals surface area contributed by atoms with Crippen LogP contribution in [0, 0.1) is 0 Å². The van der Waals surface area contributed by atoms with Gasteiger partial charge in [0.25, 0.3) is 0 Å². The van der Waals surface area contributed by atoms with Crippen molar-refractivity contribution in [3.05, 3.63) is 24.3 Å². The second kappa shape index (κ2) is 49.7. The van der Waals surface area contributed by atoms with Crippen molar-refractivity contribution >= 4 is 11.9 Å². The molecule has 0 saturated heterocycles. The first-order chi connectivity index (χ1) is 28.6. The Labute approximate surface area is 362 Å². The predicted molar refractivity (Wildman–Crippen MR) is 252 cm³/mol. The van der Waals surface area contributed by atoms with Crippen LogP contribution in [-0.2, 0) is 23.8 Å². The SMILES string of the molecule is CCCCC/C=C\C/C=C\CCCCCCCCCC(=O)OC(COCCCCCCCC)COC(=O)CCCCCCCCCCCCCCCCCCCCC. The number of esters is 2. The van der Waals surface area contributed by atoms with Crippen LogP contribution < -0.4 is 0 Å². The molecule has 0 rings (SSSR count). The average molecular weight is 817 g/mol. The molecule has 0 aromatic rings. The van der Waals surface area contributed by atoms with E-state index < -0.39 is 6.10 Å². The van der Waals surface area contributed by atoms with Crippen molar-refractivity contribution in [2.75, 3.05) is 19.8 Å². The summed E-state index contributed by atoms with van der Waals surface area (Å²) in [6, 6.07) is 0. The molecule has 0 aliphatic heterocycles. The highest BCUT2D eigenvalue weighted by molar-refractivity contribution is 5.70. The first kappa shape index (κ1) is 56.4. The zero-order valence-corrected chi connectivity index (χ0v) is 39.3. The molecule has 0 fully saturated rings. The molecular weight excluding hydrogens is 717 g/mol. The maximum absolute atomic E-state index is 12.7. The summed E-state index contributed by atoms with van der Waals surface area (Å²) in [5.74, 6) is -0.393. The van der Waals surface area contributed by atoms with E-state index in [1.165, 1.54) is 193 Å². The monoisotopic (exact) mass is 817 g/mol. The molecule has 0 heterocycles. The predicted octanol–water partition coefficient (Wildman–Crippen LogP) is 17.2. The standard InChI is InChI=1S/C53H100O5/c1-4-7-10-13-16-18-20-22-24-26-27-29-30-32-34-36-38-40-43-46-52(54)57-50-51(49-56-48-45-42-15-12-9-6-3)58-53(55)47-44-41-39-37-35-33-31-28-25-23-21-19-17-14-11-8-5-2/h17,19,23,25,51H,4-16,18,20-22,24,26-50H2,1-3H3/b19-17-,25-23-. The Morgan fingerprint density at radius 1 is 0.379 bits per heavy atom. The van der Waals surface area contributed by atoms with Gasteiger partial charge in [0.1, 0.15) is 6.61 Å². The number of allylic oxidation sites excluding steroid dienone is 4. The summed E-state index contributed by atoms with van der Waals surface area (Å²) >= 11 is 0. The van der Waals surface area contributed by atoms with E-state index in [4.69, 9.17) is 14.2 Å². The lowest BCUT2D eigenvalue weighted by atomic mass is 10.0. The number of hydrogen-bond donors (Lipinski definition) is 0. The summed E-state index contributed by atoms with van der Waals surface area (Å²) < 4.78 is 17.3. The van der Waals surface area contributed by atoms with Crippen molar-refractivity contribution in [2.45, 2.75) is 284 Å². The van der Waals surface area contributed by atoms with Crippen LogP contribution in [0.15, 0.2) is 24.3 Å². The van der Waals surface area contributed by atoms with Gasteiger partial charge < -0.3 is 14.2 Å². The minimum atomic E-state index is -0.530. The van der Waals surface area contributed by atoms with E-state index in [0.29, 0.717) is 19.4 Å². The van der Waals surface area contributed by atoms with Crippen LogP contribution in [-0.4, -0.2) is 37.9 Å². The number of unbranched alkanes of at least 4 members (excludes halogenated alkanes) is 33. The van der Waals surface area contributed by atoms with E-state index in [-0.39, 0.29) is 25.2 Å². The fourth-order valence-electron chi connectivity index (χ4n) is 7.60. The van der Waals surface area contributed by atoms with Crippen LogP contribution in [0.1, 0.15) is 278 Å². The summed E-state index contributed by atoms with van der Waals surface area (Å²) in [6.07, 6.45) is 57.7. The molecule has 0 amide bonds. The van der Waals surface area contributed by atoms with Gasteiger partial charge in [-0.1, -0.05) is 238 Å². The molecule has 5 heteroatoms. The van der Waals surface area contributed by atoms with Gasteiger partial charge in [0.05, 0.1) is 6.61 Å². The van der Waals surface area contributed by atoms with E-state index in [1.54, 1.807) is 0 Å². The topological polar surface area (TPSA) is 61.8 Å². The smallest absolute Gasteiger partial charge is 0.306 e. The third kappa shape index (κ3) is 47.1. The van der Waals surface area contributed by atoms with Crippen LogP contribution in [0.2, 0.25) is 0 Å². The van der Waals surface area contributed by atoms with Gasteiger partial charge in [-0.05, 0) is 51.4 Å². The summed E-state index contributed by atoms with van der Waals surface area (Å²) in [5.41, 5.74) is 0. The van der Waals surface area contributed by atoms with Crippen molar-refractivity contribution in [3.8, 4) is 0 Å². The Balaban J connectivity index is 4.03. The lowest BCUT2D eigenvalue weighted by Gasteiger charge is -2.18.